The zero-order chi connectivity index (χ0) is 15.4. The predicted molar refractivity (Wildman–Crippen MR) is 91.6 cm³/mol. The van der Waals surface area contributed by atoms with Crippen molar-refractivity contribution < 1.29 is 0 Å². The quantitative estimate of drug-likeness (QED) is 0.741. The third kappa shape index (κ3) is 4.10. The van der Waals surface area contributed by atoms with Gasteiger partial charge in [-0.05, 0) is 37.0 Å². The van der Waals surface area contributed by atoms with Gasteiger partial charge in [0, 0.05) is 30.8 Å². The summed E-state index contributed by atoms with van der Waals surface area (Å²) in [5, 5.41) is 7.22. The molecule has 0 bridgehead atoms. The van der Waals surface area contributed by atoms with Crippen LogP contribution in [0, 0.1) is 0 Å². The summed E-state index contributed by atoms with van der Waals surface area (Å²) in [4.78, 5) is 8.85. The van der Waals surface area contributed by atoms with E-state index in [0.717, 1.165) is 36.8 Å². The zero-order valence-electron chi connectivity index (χ0n) is 12.8. The Kier molecular flexibility index (Phi) is 4.78. The van der Waals surface area contributed by atoms with Gasteiger partial charge in [-0.1, -0.05) is 30.7 Å². The number of hydrogen-bond acceptors (Lipinski definition) is 4. The van der Waals surface area contributed by atoms with Gasteiger partial charge >= 0.3 is 0 Å². The molecule has 4 nitrogen and oxygen atoms in total. The van der Waals surface area contributed by atoms with Crippen molar-refractivity contribution in [1.82, 2.24) is 9.97 Å². The first kappa shape index (κ1) is 15.1. The minimum absolute atomic E-state index is 0.503. The maximum Gasteiger partial charge on any atom is 0.135 e. The minimum atomic E-state index is 0.503. The summed E-state index contributed by atoms with van der Waals surface area (Å²) in [5.41, 5.74) is 2.37. The molecule has 0 atom stereocenters. The number of hydrogen-bond donors (Lipinski definition) is 2. The predicted octanol–water partition coefficient (Wildman–Crippen LogP) is 4.44. The topological polar surface area (TPSA) is 49.8 Å². The normalized spacial score (nSPS) is 13.9. The molecule has 0 saturated heterocycles. The van der Waals surface area contributed by atoms with Crippen molar-refractivity contribution in [3.63, 3.8) is 0 Å². The Balaban J connectivity index is 1.60. The standard InChI is InChI=1S/C17H21ClN4/c1-2-9-19-14-7-3-12(4-8-14)11-20-16-10-15(18)21-17(22-16)13-5-6-13/h3-4,7-8,10,13,19H,2,5-6,9,11H2,1H3,(H,20,21,22). The van der Waals surface area contributed by atoms with Gasteiger partial charge < -0.3 is 10.6 Å². The Morgan fingerprint density at radius 1 is 1.14 bits per heavy atom. The molecule has 3 rings (SSSR count). The molecular formula is C17H21ClN4. The summed E-state index contributed by atoms with van der Waals surface area (Å²) in [6.45, 7) is 3.89. The highest BCUT2D eigenvalue weighted by molar-refractivity contribution is 6.29. The van der Waals surface area contributed by atoms with Crippen molar-refractivity contribution >= 4 is 23.1 Å². The third-order valence-electron chi connectivity index (χ3n) is 3.66. The van der Waals surface area contributed by atoms with E-state index in [0.29, 0.717) is 11.1 Å². The van der Waals surface area contributed by atoms with Crippen molar-refractivity contribution in [2.24, 2.45) is 0 Å². The molecule has 1 aliphatic rings. The molecule has 0 radical (unpaired) electrons. The van der Waals surface area contributed by atoms with Gasteiger partial charge in [0.25, 0.3) is 0 Å². The second-order valence-electron chi connectivity index (χ2n) is 5.69. The molecule has 2 aromatic rings. The Bertz CT molecular complexity index is 623. The summed E-state index contributed by atoms with van der Waals surface area (Å²) in [5.74, 6) is 2.17. The van der Waals surface area contributed by atoms with Crippen LogP contribution in [0.25, 0.3) is 0 Å². The van der Waals surface area contributed by atoms with E-state index in [4.69, 9.17) is 11.6 Å². The van der Waals surface area contributed by atoms with E-state index < -0.39 is 0 Å². The van der Waals surface area contributed by atoms with E-state index in [1.807, 2.05) is 0 Å². The Morgan fingerprint density at radius 3 is 2.59 bits per heavy atom. The van der Waals surface area contributed by atoms with Gasteiger partial charge in [0.1, 0.15) is 16.8 Å². The molecule has 22 heavy (non-hydrogen) atoms. The average molecular weight is 317 g/mol. The number of benzene rings is 1. The Labute approximate surface area is 136 Å². The molecule has 0 spiro atoms. The maximum atomic E-state index is 6.07. The second kappa shape index (κ2) is 6.97. The number of nitrogens with one attached hydrogen (secondary N) is 2. The highest BCUT2D eigenvalue weighted by Crippen LogP contribution is 2.38. The van der Waals surface area contributed by atoms with E-state index in [9.17, 15) is 0 Å². The molecule has 0 aliphatic heterocycles. The molecule has 2 N–H and O–H groups in total. The molecule has 1 aromatic heterocycles. The van der Waals surface area contributed by atoms with Gasteiger partial charge in [-0.2, -0.15) is 0 Å². The van der Waals surface area contributed by atoms with E-state index in [1.165, 1.54) is 18.4 Å². The van der Waals surface area contributed by atoms with Crippen LogP contribution in [-0.2, 0) is 6.54 Å². The highest BCUT2D eigenvalue weighted by Gasteiger charge is 2.27. The fourth-order valence-electron chi connectivity index (χ4n) is 2.25. The first-order valence-electron chi connectivity index (χ1n) is 7.86. The van der Waals surface area contributed by atoms with Crippen LogP contribution in [0.2, 0.25) is 5.15 Å². The van der Waals surface area contributed by atoms with Crippen LogP contribution >= 0.6 is 11.6 Å². The van der Waals surface area contributed by atoms with Gasteiger partial charge in [-0.25, -0.2) is 9.97 Å². The van der Waals surface area contributed by atoms with Crippen LogP contribution in [0.3, 0.4) is 0 Å². The lowest BCUT2D eigenvalue weighted by atomic mass is 10.2. The number of nitrogens with zero attached hydrogens (tertiary/aromatic N) is 2. The zero-order valence-corrected chi connectivity index (χ0v) is 13.5. The molecule has 1 saturated carbocycles. The van der Waals surface area contributed by atoms with Gasteiger partial charge in [-0.15, -0.1) is 0 Å². The number of halogens is 1. The van der Waals surface area contributed by atoms with Crippen molar-refractivity contribution in [2.45, 2.75) is 38.6 Å². The van der Waals surface area contributed by atoms with Crippen LogP contribution in [0.4, 0.5) is 11.5 Å². The molecule has 1 aromatic carbocycles. The van der Waals surface area contributed by atoms with Gasteiger partial charge in [-0.3, -0.25) is 0 Å². The first-order valence-corrected chi connectivity index (χ1v) is 8.23. The lowest BCUT2D eigenvalue weighted by Crippen LogP contribution is -2.05. The molecule has 1 aliphatic carbocycles. The average Bonchev–Trinajstić information content (AvgIpc) is 3.36. The third-order valence-corrected chi connectivity index (χ3v) is 3.85. The van der Waals surface area contributed by atoms with Gasteiger partial charge in [0.2, 0.25) is 0 Å². The monoisotopic (exact) mass is 316 g/mol. The molecule has 5 heteroatoms. The Morgan fingerprint density at radius 2 is 1.91 bits per heavy atom. The van der Waals surface area contributed by atoms with Crippen molar-refractivity contribution in [3.8, 4) is 0 Å². The molecule has 1 heterocycles. The van der Waals surface area contributed by atoms with E-state index in [2.05, 4.69) is 51.8 Å². The van der Waals surface area contributed by atoms with Crippen LogP contribution in [0.1, 0.15) is 43.5 Å². The van der Waals surface area contributed by atoms with Crippen molar-refractivity contribution in [3.05, 3.63) is 46.9 Å². The highest BCUT2D eigenvalue weighted by atomic mass is 35.5. The molecular weight excluding hydrogens is 296 g/mol. The molecule has 1 fully saturated rings. The van der Waals surface area contributed by atoms with Crippen molar-refractivity contribution in [2.75, 3.05) is 17.2 Å². The van der Waals surface area contributed by atoms with E-state index in [-0.39, 0.29) is 0 Å². The molecule has 0 amide bonds. The molecule has 116 valence electrons. The molecule has 0 unspecified atom stereocenters. The van der Waals surface area contributed by atoms with Crippen LogP contribution < -0.4 is 10.6 Å². The largest absolute Gasteiger partial charge is 0.385 e. The SMILES string of the molecule is CCCNc1ccc(CNc2cc(Cl)nc(C3CC3)n2)cc1. The summed E-state index contributed by atoms with van der Waals surface area (Å²) in [6, 6.07) is 10.2. The summed E-state index contributed by atoms with van der Waals surface area (Å²) < 4.78 is 0. The Hall–Kier alpha value is -1.81. The minimum Gasteiger partial charge on any atom is -0.385 e. The smallest absolute Gasteiger partial charge is 0.135 e. The van der Waals surface area contributed by atoms with Crippen LogP contribution in [0.15, 0.2) is 30.3 Å². The van der Waals surface area contributed by atoms with Crippen LogP contribution in [-0.4, -0.2) is 16.5 Å². The number of rotatable bonds is 7. The number of anilines is 2. The summed E-state index contributed by atoms with van der Waals surface area (Å²) in [7, 11) is 0. The lowest BCUT2D eigenvalue weighted by Gasteiger charge is -2.09. The number of aromatic nitrogens is 2. The second-order valence-corrected chi connectivity index (χ2v) is 6.07. The van der Waals surface area contributed by atoms with E-state index in [1.54, 1.807) is 6.07 Å². The van der Waals surface area contributed by atoms with Gasteiger partial charge in [0.15, 0.2) is 0 Å². The van der Waals surface area contributed by atoms with Crippen LogP contribution in [0.5, 0.6) is 0 Å². The lowest BCUT2D eigenvalue weighted by molar-refractivity contribution is 0.921. The summed E-state index contributed by atoms with van der Waals surface area (Å²) >= 11 is 6.07. The fourth-order valence-corrected chi connectivity index (χ4v) is 2.44. The first-order chi connectivity index (χ1) is 10.7. The maximum absolute atomic E-state index is 6.07. The summed E-state index contributed by atoms with van der Waals surface area (Å²) in [6.07, 6.45) is 3.47. The van der Waals surface area contributed by atoms with E-state index >= 15 is 0 Å². The van der Waals surface area contributed by atoms with Gasteiger partial charge in [0.05, 0.1) is 0 Å². The van der Waals surface area contributed by atoms with Crippen molar-refractivity contribution in [1.29, 1.82) is 0 Å². The fraction of sp³-hybridized carbons (Fsp3) is 0.412.